The summed E-state index contributed by atoms with van der Waals surface area (Å²) in [5.41, 5.74) is 2.42. The quantitative estimate of drug-likeness (QED) is 0.925. The molecule has 1 amide bonds. The summed E-state index contributed by atoms with van der Waals surface area (Å²) in [6.45, 7) is 3.82. The molecule has 94 valence electrons. The van der Waals surface area contributed by atoms with E-state index in [0.29, 0.717) is 16.4 Å². The number of amides is 1. The van der Waals surface area contributed by atoms with Gasteiger partial charge in [-0.2, -0.15) is 0 Å². The van der Waals surface area contributed by atoms with E-state index in [1.807, 2.05) is 25.3 Å². The van der Waals surface area contributed by atoms with Gasteiger partial charge < -0.3 is 4.74 Å². The van der Waals surface area contributed by atoms with Crippen LogP contribution in [0.1, 0.15) is 21.6 Å². The Kier molecular flexibility index (Phi) is 3.62. The number of hydrogen-bond donors (Lipinski definition) is 1. The van der Waals surface area contributed by atoms with Crippen LogP contribution in [-0.2, 0) is 0 Å². The number of rotatable bonds is 3. The summed E-state index contributed by atoms with van der Waals surface area (Å²) in [6.07, 6.45) is 0. The third-order valence-electron chi connectivity index (χ3n) is 2.44. The van der Waals surface area contributed by atoms with Crippen molar-refractivity contribution in [2.45, 2.75) is 13.8 Å². The molecule has 4 nitrogen and oxygen atoms in total. The van der Waals surface area contributed by atoms with Crippen molar-refractivity contribution in [1.82, 2.24) is 4.98 Å². The Bertz CT molecular complexity index is 578. The predicted molar refractivity (Wildman–Crippen MR) is 72.5 cm³/mol. The van der Waals surface area contributed by atoms with Gasteiger partial charge in [-0.25, -0.2) is 4.98 Å². The molecule has 0 atom stereocenters. The zero-order chi connectivity index (χ0) is 13.1. The Hall–Kier alpha value is -1.88. The zero-order valence-electron chi connectivity index (χ0n) is 10.5. The minimum atomic E-state index is -0.204. The standard InChI is InChI=1S/C13H14N2O2S/c1-8-4-5-11(17-3)10(6-8)12(16)15-13-14-9(2)7-18-13/h4-7H,1-3H3,(H,14,15,16). The van der Waals surface area contributed by atoms with Crippen LogP contribution < -0.4 is 10.1 Å². The maximum absolute atomic E-state index is 12.1. The lowest BCUT2D eigenvalue weighted by Crippen LogP contribution is -2.13. The molecule has 0 aliphatic heterocycles. The van der Waals surface area contributed by atoms with Crippen LogP contribution in [0.15, 0.2) is 23.6 Å². The Morgan fingerprint density at radius 3 is 2.78 bits per heavy atom. The van der Waals surface area contributed by atoms with Gasteiger partial charge in [-0.3, -0.25) is 10.1 Å². The topological polar surface area (TPSA) is 51.2 Å². The normalized spacial score (nSPS) is 10.2. The fourth-order valence-electron chi connectivity index (χ4n) is 1.58. The van der Waals surface area contributed by atoms with Gasteiger partial charge in [-0.15, -0.1) is 11.3 Å². The van der Waals surface area contributed by atoms with Crippen LogP contribution in [0.2, 0.25) is 0 Å². The van der Waals surface area contributed by atoms with Gasteiger partial charge in [0.25, 0.3) is 5.91 Å². The van der Waals surface area contributed by atoms with Crippen molar-refractivity contribution in [3.05, 3.63) is 40.4 Å². The number of nitrogens with zero attached hydrogens (tertiary/aromatic N) is 1. The Morgan fingerprint density at radius 2 is 2.17 bits per heavy atom. The number of thiazole rings is 1. The van der Waals surface area contributed by atoms with Gasteiger partial charge in [0, 0.05) is 5.38 Å². The molecule has 0 aliphatic carbocycles. The summed E-state index contributed by atoms with van der Waals surface area (Å²) < 4.78 is 5.19. The average Bonchev–Trinajstić information content (AvgIpc) is 2.74. The van der Waals surface area contributed by atoms with Crippen molar-refractivity contribution in [1.29, 1.82) is 0 Å². The third-order valence-corrected chi connectivity index (χ3v) is 3.31. The first-order valence-electron chi connectivity index (χ1n) is 5.48. The molecule has 5 heteroatoms. The largest absolute Gasteiger partial charge is 0.496 e. The molecule has 1 aromatic carbocycles. The number of ether oxygens (including phenoxy) is 1. The van der Waals surface area contributed by atoms with Crippen LogP contribution in [0, 0.1) is 13.8 Å². The molecular formula is C13H14N2O2S. The number of aromatic nitrogens is 1. The summed E-state index contributed by atoms with van der Waals surface area (Å²) >= 11 is 1.41. The molecule has 2 aromatic rings. The summed E-state index contributed by atoms with van der Waals surface area (Å²) in [5, 5.41) is 5.26. The van der Waals surface area contributed by atoms with Crippen molar-refractivity contribution < 1.29 is 9.53 Å². The third kappa shape index (κ3) is 2.68. The highest BCUT2D eigenvalue weighted by Crippen LogP contribution is 2.22. The van der Waals surface area contributed by atoms with Gasteiger partial charge in [-0.1, -0.05) is 11.6 Å². The number of aryl methyl sites for hydroxylation is 2. The lowest BCUT2D eigenvalue weighted by Gasteiger charge is -2.08. The molecule has 0 spiro atoms. The molecule has 18 heavy (non-hydrogen) atoms. The van der Waals surface area contributed by atoms with Crippen molar-refractivity contribution in [2.24, 2.45) is 0 Å². The maximum atomic E-state index is 12.1. The van der Waals surface area contributed by atoms with Crippen LogP contribution in [-0.4, -0.2) is 18.0 Å². The van der Waals surface area contributed by atoms with Crippen LogP contribution in [0.3, 0.4) is 0 Å². The van der Waals surface area contributed by atoms with Crippen LogP contribution >= 0.6 is 11.3 Å². The van der Waals surface area contributed by atoms with Crippen molar-refractivity contribution in [3.63, 3.8) is 0 Å². The molecule has 1 N–H and O–H groups in total. The Balaban J connectivity index is 2.25. The van der Waals surface area contributed by atoms with Crippen LogP contribution in [0.5, 0.6) is 5.75 Å². The van der Waals surface area contributed by atoms with Crippen molar-refractivity contribution in [3.8, 4) is 5.75 Å². The van der Waals surface area contributed by atoms with Crippen molar-refractivity contribution in [2.75, 3.05) is 12.4 Å². The first-order valence-corrected chi connectivity index (χ1v) is 6.36. The summed E-state index contributed by atoms with van der Waals surface area (Å²) in [5.74, 6) is 0.358. The van der Waals surface area contributed by atoms with Gasteiger partial charge in [-0.05, 0) is 26.0 Å². The lowest BCUT2D eigenvalue weighted by molar-refractivity contribution is 0.102. The average molecular weight is 262 g/mol. The summed E-state index contributed by atoms with van der Waals surface area (Å²) in [4.78, 5) is 16.3. The molecular weight excluding hydrogens is 248 g/mol. The number of hydrogen-bond acceptors (Lipinski definition) is 4. The minimum Gasteiger partial charge on any atom is -0.496 e. The molecule has 0 unspecified atom stereocenters. The van der Waals surface area contributed by atoms with Crippen molar-refractivity contribution >= 4 is 22.4 Å². The van der Waals surface area contributed by atoms with Gasteiger partial charge in [0.2, 0.25) is 0 Å². The van der Waals surface area contributed by atoms with Gasteiger partial charge in [0.15, 0.2) is 5.13 Å². The van der Waals surface area contributed by atoms with Crippen LogP contribution in [0.25, 0.3) is 0 Å². The van der Waals surface area contributed by atoms with E-state index >= 15 is 0 Å². The highest BCUT2D eigenvalue weighted by molar-refractivity contribution is 7.13. The smallest absolute Gasteiger partial charge is 0.261 e. The molecule has 0 radical (unpaired) electrons. The number of carbonyl (C=O) groups is 1. The summed E-state index contributed by atoms with van der Waals surface area (Å²) in [6, 6.07) is 5.50. The van der Waals surface area contributed by atoms with E-state index in [9.17, 15) is 4.79 Å². The predicted octanol–water partition coefficient (Wildman–Crippen LogP) is 3.02. The molecule has 0 aliphatic rings. The van der Waals surface area contributed by atoms with E-state index in [1.54, 1.807) is 19.2 Å². The zero-order valence-corrected chi connectivity index (χ0v) is 11.3. The van der Waals surface area contributed by atoms with E-state index in [2.05, 4.69) is 10.3 Å². The first kappa shape index (κ1) is 12.6. The van der Waals surface area contributed by atoms with Crippen LogP contribution in [0.4, 0.5) is 5.13 Å². The molecule has 0 saturated heterocycles. The highest BCUT2D eigenvalue weighted by atomic mass is 32.1. The second kappa shape index (κ2) is 5.18. The van der Waals surface area contributed by atoms with Gasteiger partial charge in [0.05, 0.1) is 18.4 Å². The molecule has 1 aromatic heterocycles. The number of benzene rings is 1. The number of methoxy groups -OCH3 is 1. The molecule has 2 rings (SSSR count). The van der Waals surface area contributed by atoms with Gasteiger partial charge >= 0.3 is 0 Å². The number of nitrogens with one attached hydrogen (secondary N) is 1. The Labute approximate surface area is 110 Å². The monoisotopic (exact) mass is 262 g/mol. The van der Waals surface area contributed by atoms with E-state index in [0.717, 1.165) is 11.3 Å². The second-order valence-corrected chi connectivity index (χ2v) is 4.81. The SMILES string of the molecule is COc1ccc(C)cc1C(=O)Nc1nc(C)cs1. The van der Waals surface area contributed by atoms with E-state index < -0.39 is 0 Å². The molecule has 0 bridgehead atoms. The second-order valence-electron chi connectivity index (χ2n) is 3.95. The highest BCUT2D eigenvalue weighted by Gasteiger charge is 2.13. The maximum Gasteiger partial charge on any atom is 0.261 e. The molecule has 1 heterocycles. The van der Waals surface area contributed by atoms with E-state index in [4.69, 9.17) is 4.74 Å². The fourth-order valence-corrected chi connectivity index (χ4v) is 2.26. The van der Waals surface area contributed by atoms with Gasteiger partial charge in [0.1, 0.15) is 5.75 Å². The number of anilines is 1. The number of carbonyl (C=O) groups excluding carboxylic acids is 1. The fraction of sp³-hybridized carbons (Fsp3) is 0.231. The minimum absolute atomic E-state index is 0.204. The molecule has 0 saturated carbocycles. The molecule has 0 fully saturated rings. The first-order chi connectivity index (χ1) is 8.60. The lowest BCUT2D eigenvalue weighted by atomic mass is 10.1. The van der Waals surface area contributed by atoms with E-state index in [-0.39, 0.29) is 5.91 Å². The Morgan fingerprint density at radius 1 is 1.39 bits per heavy atom. The van der Waals surface area contributed by atoms with E-state index in [1.165, 1.54) is 11.3 Å². The summed E-state index contributed by atoms with van der Waals surface area (Å²) in [7, 11) is 1.55.